The van der Waals surface area contributed by atoms with Gasteiger partial charge in [0, 0.05) is 18.3 Å². The zero-order valence-corrected chi connectivity index (χ0v) is 13.5. The molecule has 2 fully saturated rings. The molecule has 3 rings (SSSR count). The number of hydrogen-bond acceptors (Lipinski definition) is 8. The molecule has 0 spiro atoms. The van der Waals surface area contributed by atoms with Gasteiger partial charge in [0.25, 0.3) is 0 Å². The molecule has 3 heterocycles. The van der Waals surface area contributed by atoms with Crippen molar-refractivity contribution in [2.75, 3.05) is 20.2 Å². The van der Waals surface area contributed by atoms with Gasteiger partial charge in [0.1, 0.15) is 24.4 Å². The first-order chi connectivity index (χ1) is 11.5. The lowest BCUT2D eigenvalue weighted by Gasteiger charge is -2.39. The third kappa shape index (κ3) is 3.39. The Bertz CT molecular complexity index is 540. The molecule has 1 aromatic rings. The number of nitrogens with zero attached hydrogens (tertiary/aromatic N) is 2. The molecule has 8 nitrogen and oxygen atoms in total. The number of likely N-dealkylation sites (tertiary alicyclic amines) is 1. The summed E-state index contributed by atoms with van der Waals surface area (Å²) in [6.07, 6.45) is -2.55. The lowest BCUT2D eigenvalue weighted by atomic mass is 9.99. The zero-order chi connectivity index (χ0) is 17.3. The van der Waals surface area contributed by atoms with Gasteiger partial charge in [-0.2, -0.15) is 0 Å². The normalized spacial score (nSPS) is 37.5. The van der Waals surface area contributed by atoms with Gasteiger partial charge in [0.2, 0.25) is 12.2 Å². The number of ether oxygens (including phenoxy) is 2. The van der Waals surface area contributed by atoms with Crippen molar-refractivity contribution >= 4 is 0 Å². The number of hydrogen-bond donors (Lipinski definition) is 4. The van der Waals surface area contributed by atoms with Crippen LogP contribution in [0, 0.1) is 0 Å². The van der Waals surface area contributed by atoms with Crippen molar-refractivity contribution in [2.45, 2.75) is 49.6 Å². The highest BCUT2D eigenvalue weighted by molar-refractivity contribution is 5.22. The second-order valence-corrected chi connectivity index (χ2v) is 6.38. The van der Waals surface area contributed by atoms with Crippen LogP contribution in [0.2, 0.25) is 0 Å². The predicted octanol–water partition coefficient (Wildman–Crippen LogP) is -0.973. The molecular formula is C16H24N2O6. The summed E-state index contributed by atoms with van der Waals surface area (Å²) in [6.45, 7) is 0.568. The molecule has 8 heteroatoms. The quantitative estimate of drug-likeness (QED) is 0.553. The molecule has 2 saturated heterocycles. The second kappa shape index (κ2) is 7.30. The van der Waals surface area contributed by atoms with Gasteiger partial charge in [0.05, 0.1) is 6.61 Å². The number of pyridine rings is 1. The summed E-state index contributed by atoms with van der Waals surface area (Å²) in [6, 6.07) is 3.95. The van der Waals surface area contributed by atoms with Crippen LogP contribution in [0.15, 0.2) is 18.3 Å². The second-order valence-electron chi connectivity index (χ2n) is 6.38. The van der Waals surface area contributed by atoms with E-state index in [0.717, 1.165) is 24.9 Å². The van der Waals surface area contributed by atoms with Crippen LogP contribution in [0.4, 0.5) is 0 Å². The van der Waals surface area contributed by atoms with E-state index in [-0.39, 0.29) is 5.88 Å². The van der Waals surface area contributed by atoms with E-state index in [2.05, 4.69) is 16.9 Å². The molecular weight excluding hydrogens is 316 g/mol. The molecule has 4 N–H and O–H groups in total. The smallest absolute Gasteiger partial charge is 0.231 e. The van der Waals surface area contributed by atoms with E-state index in [1.165, 1.54) is 0 Å². The molecule has 0 aliphatic carbocycles. The van der Waals surface area contributed by atoms with Crippen LogP contribution >= 0.6 is 0 Å². The maximum absolute atomic E-state index is 9.97. The fraction of sp³-hybridized carbons (Fsp3) is 0.688. The Morgan fingerprint density at radius 3 is 2.62 bits per heavy atom. The minimum Gasteiger partial charge on any atom is -0.445 e. The van der Waals surface area contributed by atoms with E-state index >= 15 is 0 Å². The minimum atomic E-state index is -1.47. The van der Waals surface area contributed by atoms with Crippen molar-refractivity contribution < 1.29 is 29.9 Å². The number of aliphatic hydroxyl groups is 4. The summed E-state index contributed by atoms with van der Waals surface area (Å²) in [4.78, 5) is 6.51. The highest BCUT2D eigenvalue weighted by Crippen LogP contribution is 2.31. The maximum atomic E-state index is 9.97. The van der Waals surface area contributed by atoms with Crippen LogP contribution in [-0.2, 0) is 4.74 Å². The van der Waals surface area contributed by atoms with Crippen LogP contribution in [0.5, 0.6) is 5.88 Å². The SMILES string of the molecule is CN1CCC[C@@H]1c1ccc(O[C@@H]2O[C@H](CO)[C@H](O)[C@H](O)[C@H]2O)nc1. The summed E-state index contributed by atoms with van der Waals surface area (Å²) in [5, 5.41) is 38.7. The van der Waals surface area contributed by atoms with Gasteiger partial charge in [-0.3, -0.25) is 4.90 Å². The number of aliphatic hydroxyl groups excluding tert-OH is 4. The Kier molecular flexibility index (Phi) is 5.33. The summed E-state index contributed by atoms with van der Waals surface area (Å²) in [7, 11) is 2.08. The lowest BCUT2D eigenvalue weighted by Crippen LogP contribution is -2.60. The average Bonchev–Trinajstić information content (AvgIpc) is 3.02. The van der Waals surface area contributed by atoms with Crippen molar-refractivity contribution in [3.8, 4) is 5.88 Å². The topological polar surface area (TPSA) is 116 Å². The van der Waals surface area contributed by atoms with Gasteiger partial charge in [0.15, 0.2) is 0 Å². The molecule has 134 valence electrons. The van der Waals surface area contributed by atoms with E-state index in [1.54, 1.807) is 12.3 Å². The van der Waals surface area contributed by atoms with Crippen LogP contribution in [0.3, 0.4) is 0 Å². The van der Waals surface area contributed by atoms with Gasteiger partial charge >= 0.3 is 0 Å². The monoisotopic (exact) mass is 340 g/mol. The zero-order valence-electron chi connectivity index (χ0n) is 13.5. The largest absolute Gasteiger partial charge is 0.445 e. The fourth-order valence-corrected chi connectivity index (χ4v) is 3.27. The number of rotatable bonds is 4. The standard InChI is InChI=1S/C16H24N2O6/c1-18-6-2-3-10(18)9-4-5-12(17-7-9)24-16-15(22)14(21)13(20)11(8-19)23-16/h4-5,7,10-11,13-16,19-22H,2-3,6,8H2,1H3/t10-,11-,13+,14+,15-,16+/m1/s1. The molecule has 0 saturated carbocycles. The predicted molar refractivity (Wildman–Crippen MR) is 83.2 cm³/mol. The van der Waals surface area contributed by atoms with Gasteiger partial charge in [-0.15, -0.1) is 0 Å². The Morgan fingerprint density at radius 1 is 1.25 bits per heavy atom. The van der Waals surface area contributed by atoms with E-state index in [9.17, 15) is 20.4 Å². The molecule has 0 bridgehead atoms. The Balaban J connectivity index is 1.67. The fourth-order valence-electron chi connectivity index (χ4n) is 3.27. The van der Waals surface area contributed by atoms with Crippen LogP contribution < -0.4 is 4.74 Å². The molecule has 0 unspecified atom stereocenters. The van der Waals surface area contributed by atoms with Crippen molar-refractivity contribution in [2.24, 2.45) is 0 Å². The van der Waals surface area contributed by atoms with E-state index < -0.39 is 37.3 Å². The number of aromatic nitrogens is 1. The van der Waals surface area contributed by atoms with Gasteiger partial charge in [-0.05, 0) is 32.0 Å². The molecule has 6 atom stereocenters. The molecule has 0 aromatic carbocycles. The van der Waals surface area contributed by atoms with E-state index in [1.807, 2.05) is 6.07 Å². The summed E-state index contributed by atoms with van der Waals surface area (Å²) in [5.74, 6) is 0.240. The first-order valence-electron chi connectivity index (χ1n) is 8.14. The van der Waals surface area contributed by atoms with Crippen molar-refractivity contribution in [3.05, 3.63) is 23.9 Å². The van der Waals surface area contributed by atoms with Crippen molar-refractivity contribution in [1.29, 1.82) is 0 Å². The molecule has 2 aliphatic heterocycles. The summed E-state index contributed by atoms with van der Waals surface area (Å²) in [5.41, 5.74) is 1.09. The summed E-state index contributed by atoms with van der Waals surface area (Å²) < 4.78 is 10.8. The molecule has 0 amide bonds. The minimum absolute atomic E-state index is 0.240. The highest BCUT2D eigenvalue weighted by Gasteiger charge is 2.44. The Hall–Kier alpha value is -1.29. The Labute approximate surface area is 140 Å². The van der Waals surface area contributed by atoms with Crippen molar-refractivity contribution in [1.82, 2.24) is 9.88 Å². The maximum Gasteiger partial charge on any atom is 0.231 e. The van der Waals surface area contributed by atoms with Crippen molar-refractivity contribution in [3.63, 3.8) is 0 Å². The molecule has 24 heavy (non-hydrogen) atoms. The van der Waals surface area contributed by atoms with E-state index in [0.29, 0.717) is 6.04 Å². The van der Waals surface area contributed by atoms with Crippen LogP contribution in [-0.4, -0.2) is 81.2 Å². The van der Waals surface area contributed by atoms with E-state index in [4.69, 9.17) is 9.47 Å². The molecule has 0 radical (unpaired) electrons. The molecule has 2 aliphatic rings. The van der Waals surface area contributed by atoms with Crippen LogP contribution in [0.1, 0.15) is 24.4 Å². The van der Waals surface area contributed by atoms with Crippen LogP contribution in [0.25, 0.3) is 0 Å². The summed E-state index contributed by atoms with van der Waals surface area (Å²) >= 11 is 0. The average molecular weight is 340 g/mol. The highest BCUT2D eigenvalue weighted by atomic mass is 16.7. The van der Waals surface area contributed by atoms with Gasteiger partial charge in [-0.25, -0.2) is 4.98 Å². The first kappa shape index (κ1) is 17.5. The third-order valence-electron chi connectivity index (χ3n) is 4.75. The lowest BCUT2D eigenvalue weighted by molar-refractivity contribution is -0.278. The first-order valence-corrected chi connectivity index (χ1v) is 8.14. The molecule has 1 aromatic heterocycles. The van der Waals surface area contributed by atoms with Gasteiger partial charge in [-0.1, -0.05) is 6.07 Å². The van der Waals surface area contributed by atoms with Gasteiger partial charge < -0.3 is 29.9 Å². The Morgan fingerprint density at radius 2 is 2.04 bits per heavy atom. The third-order valence-corrected chi connectivity index (χ3v) is 4.75.